The standard InChI is InChI=1S/C47H78N12O13S/c1-8-26(6)37(59-38(63)29(48)23-73)45(70)57-33(20-25(4)5)41(66)54-31(16-17-36(61)62)40(65)58-35(22-60)44(69)55-32(19-24(2)3)42(67)56-34(21-28-13-10-9-11-14-28)43(68)53-30(15-12-18-51-47(49)50)39(64)52-27(7)46(71)72/h9-11,13-14,24-27,29-35,37,60,73H,8,12,15-23,48H2,1-7H3,(H,52,64)(H,53,68)(H,54,66)(H,55,69)(H,56,67)(H,57,70)(H,58,65)(H,59,63)(H,61,62)(H,71,72)(H4,49,50,51)/t26-,27-,29-,30-,31-,32-,33-,34-,35-,37-/m0/s1. The van der Waals surface area contributed by atoms with Crippen LogP contribution in [-0.4, -0.2) is 154 Å². The number of carbonyl (C=O) groups excluding carboxylic acids is 8. The number of nitrogens with one attached hydrogen (secondary N) is 8. The largest absolute Gasteiger partial charge is 0.481 e. The highest BCUT2D eigenvalue weighted by Crippen LogP contribution is 2.14. The van der Waals surface area contributed by atoms with Gasteiger partial charge in [0.15, 0.2) is 5.96 Å². The summed E-state index contributed by atoms with van der Waals surface area (Å²) in [5.74, 6) is -10.8. The Kier molecular flexibility index (Phi) is 29.4. The average molecular weight is 1050 g/mol. The van der Waals surface area contributed by atoms with Crippen LogP contribution in [0.1, 0.15) is 99.0 Å². The molecule has 0 bridgehead atoms. The third-order valence-electron chi connectivity index (χ3n) is 11.3. The summed E-state index contributed by atoms with van der Waals surface area (Å²) in [7, 11) is 0. The van der Waals surface area contributed by atoms with Gasteiger partial charge >= 0.3 is 11.9 Å². The Bertz CT molecular complexity index is 2040. The molecular formula is C47H78N12O13S. The maximum absolute atomic E-state index is 14.2. The number of aliphatic hydroxyl groups is 1. The molecule has 0 fully saturated rings. The van der Waals surface area contributed by atoms with Gasteiger partial charge in [-0.3, -0.25) is 52.9 Å². The molecule has 410 valence electrons. The lowest BCUT2D eigenvalue weighted by Gasteiger charge is -2.29. The van der Waals surface area contributed by atoms with Crippen LogP contribution in [0.4, 0.5) is 0 Å². The first kappa shape index (κ1) is 64.5. The highest BCUT2D eigenvalue weighted by molar-refractivity contribution is 7.80. The zero-order valence-electron chi connectivity index (χ0n) is 42.6. The van der Waals surface area contributed by atoms with E-state index >= 15 is 0 Å². The molecule has 0 aromatic heterocycles. The van der Waals surface area contributed by atoms with Crippen molar-refractivity contribution in [2.45, 2.75) is 154 Å². The fraction of sp³-hybridized carbons (Fsp3) is 0.638. The molecule has 25 nitrogen and oxygen atoms in total. The van der Waals surface area contributed by atoms with Crippen molar-refractivity contribution < 1.29 is 63.3 Å². The van der Waals surface area contributed by atoms with Gasteiger partial charge in [-0.25, -0.2) is 0 Å². The van der Waals surface area contributed by atoms with E-state index in [1.165, 1.54) is 6.92 Å². The van der Waals surface area contributed by atoms with Crippen molar-refractivity contribution in [1.82, 2.24) is 42.5 Å². The Morgan fingerprint density at radius 2 is 1.05 bits per heavy atom. The number of hydrogen-bond donors (Lipinski definition) is 15. The Balaban J connectivity index is 3.48. The number of aliphatic carboxylic acids is 2. The second-order valence-electron chi connectivity index (χ2n) is 18.6. The van der Waals surface area contributed by atoms with Crippen molar-refractivity contribution in [1.29, 1.82) is 0 Å². The lowest BCUT2D eigenvalue weighted by molar-refractivity contribution is -0.142. The van der Waals surface area contributed by atoms with Gasteiger partial charge in [0.1, 0.15) is 48.3 Å². The third-order valence-corrected chi connectivity index (χ3v) is 11.7. The summed E-state index contributed by atoms with van der Waals surface area (Å²) < 4.78 is 0. The van der Waals surface area contributed by atoms with Gasteiger partial charge in [-0.15, -0.1) is 0 Å². The van der Waals surface area contributed by atoms with Gasteiger partial charge in [-0.05, 0) is 62.3 Å². The molecule has 0 unspecified atom stereocenters. The monoisotopic (exact) mass is 1050 g/mol. The van der Waals surface area contributed by atoms with Crippen LogP contribution >= 0.6 is 12.6 Å². The van der Waals surface area contributed by atoms with Crippen LogP contribution in [-0.2, 0) is 54.4 Å². The summed E-state index contributed by atoms with van der Waals surface area (Å²) in [4.78, 5) is 137. The normalized spacial score (nSPS) is 15.2. The molecule has 1 aromatic rings. The Hall–Kier alpha value is -6.54. The van der Waals surface area contributed by atoms with Gasteiger partial charge in [0.25, 0.3) is 0 Å². The number of nitrogens with two attached hydrogens (primary N) is 3. The Morgan fingerprint density at radius 3 is 1.53 bits per heavy atom. The molecule has 0 aliphatic heterocycles. The van der Waals surface area contributed by atoms with E-state index in [1.54, 1.807) is 71.9 Å². The molecule has 0 heterocycles. The average Bonchev–Trinajstić information content (AvgIpc) is 3.32. The molecule has 0 saturated carbocycles. The van der Waals surface area contributed by atoms with E-state index in [1.807, 2.05) is 0 Å². The number of guanidine groups is 1. The summed E-state index contributed by atoms with van der Waals surface area (Å²) in [6, 6.07) is -3.79. The SMILES string of the molecule is CC[C@H](C)[C@H](NC(=O)[C@@H](N)CS)C(=O)N[C@@H](CC(C)C)C(=O)N[C@@H](CCC(=O)O)C(=O)N[C@@H](CO)C(=O)N[C@@H](CC(C)C)C(=O)N[C@@H](Cc1ccccc1)C(=O)N[C@@H](CCCN=C(N)N)C(=O)N[C@@H](C)C(=O)O. The van der Waals surface area contributed by atoms with Crippen LogP contribution in [0.15, 0.2) is 35.3 Å². The number of nitrogens with zero attached hydrogens (tertiary/aromatic N) is 1. The van der Waals surface area contributed by atoms with Crippen LogP contribution in [0.5, 0.6) is 0 Å². The van der Waals surface area contributed by atoms with E-state index < -0.39 is 139 Å². The number of carbonyl (C=O) groups is 10. The van der Waals surface area contributed by atoms with Crippen LogP contribution < -0.4 is 59.7 Å². The minimum Gasteiger partial charge on any atom is -0.481 e. The zero-order valence-corrected chi connectivity index (χ0v) is 43.5. The minimum atomic E-state index is -1.77. The number of aliphatic hydroxyl groups excluding tert-OH is 1. The summed E-state index contributed by atoms with van der Waals surface area (Å²) in [5, 5.41) is 49.4. The van der Waals surface area contributed by atoms with Gasteiger partial charge in [0, 0.05) is 25.1 Å². The molecule has 17 N–H and O–H groups in total. The van der Waals surface area contributed by atoms with Crippen molar-refractivity contribution in [3.63, 3.8) is 0 Å². The quantitative estimate of drug-likeness (QED) is 0.0147. The molecule has 0 aliphatic rings. The molecule has 1 rings (SSSR count). The van der Waals surface area contributed by atoms with Crippen LogP contribution in [0.3, 0.4) is 0 Å². The number of benzene rings is 1. The number of aliphatic imine (C=N–C) groups is 1. The predicted octanol–water partition coefficient (Wildman–Crippen LogP) is -2.48. The van der Waals surface area contributed by atoms with Gasteiger partial charge in [0.05, 0.1) is 12.6 Å². The van der Waals surface area contributed by atoms with E-state index in [9.17, 15) is 63.3 Å². The topological polar surface area (TPSA) is 418 Å². The van der Waals surface area contributed by atoms with Crippen molar-refractivity contribution in [2.75, 3.05) is 18.9 Å². The summed E-state index contributed by atoms with van der Waals surface area (Å²) in [5.41, 5.74) is 17.2. The van der Waals surface area contributed by atoms with E-state index in [4.69, 9.17) is 17.2 Å². The molecule has 73 heavy (non-hydrogen) atoms. The van der Waals surface area contributed by atoms with Gasteiger partial charge in [-0.2, -0.15) is 12.6 Å². The lowest BCUT2D eigenvalue weighted by atomic mass is 9.96. The molecule has 10 atom stereocenters. The second kappa shape index (κ2) is 33.2. The highest BCUT2D eigenvalue weighted by Gasteiger charge is 2.36. The minimum absolute atomic E-state index is 0.00304. The smallest absolute Gasteiger partial charge is 0.325 e. The van der Waals surface area contributed by atoms with Crippen LogP contribution in [0.2, 0.25) is 0 Å². The first-order valence-corrected chi connectivity index (χ1v) is 24.8. The molecular weight excluding hydrogens is 973 g/mol. The molecule has 0 radical (unpaired) electrons. The lowest BCUT2D eigenvalue weighted by Crippen LogP contribution is -2.61. The van der Waals surface area contributed by atoms with Crippen LogP contribution in [0.25, 0.3) is 0 Å². The van der Waals surface area contributed by atoms with Gasteiger partial charge < -0.3 is 75.1 Å². The number of thiol groups is 1. The molecule has 26 heteroatoms. The Morgan fingerprint density at radius 1 is 0.603 bits per heavy atom. The fourth-order valence-corrected chi connectivity index (χ4v) is 7.18. The maximum Gasteiger partial charge on any atom is 0.325 e. The number of carboxylic acid groups (broad SMARTS) is 2. The van der Waals surface area contributed by atoms with Gasteiger partial charge in [-0.1, -0.05) is 78.3 Å². The van der Waals surface area contributed by atoms with Crippen molar-refractivity contribution in [2.24, 2.45) is 39.9 Å². The molecule has 8 amide bonds. The maximum atomic E-state index is 14.2. The van der Waals surface area contributed by atoms with Crippen molar-refractivity contribution in [3.8, 4) is 0 Å². The van der Waals surface area contributed by atoms with E-state index in [2.05, 4.69) is 60.2 Å². The van der Waals surface area contributed by atoms with E-state index in [0.29, 0.717) is 12.0 Å². The van der Waals surface area contributed by atoms with E-state index in [-0.39, 0.29) is 62.2 Å². The number of carboxylic acids is 2. The number of rotatable bonds is 34. The zero-order chi connectivity index (χ0) is 55.5. The predicted molar refractivity (Wildman–Crippen MR) is 273 cm³/mol. The summed E-state index contributed by atoms with van der Waals surface area (Å²) in [6.07, 6.45) is -0.659. The summed E-state index contributed by atoms with van der Waals surface area (Å²) >= 11 is 4.04. The summed E-state index contributed by atoms with van der Waals surface area (Å²) in [6.45, 7) is 10.8. The fourth-order valence-electron chi connectivity index (χ4n) is 7.01. The Labute approximate surface area is 431 Å². The first-order valence-electron chi connectivity index (χ1n) is 24.2. The second-order valence-corrected chi connectivity index (χ2v) is 19.0. The van der Waals surface area contributed by atoms with Crippen molar-refractivity contribution in [3.05, 3.63) is 35.9 Å². The van der Waals surface area contributed by atoms with Crippen LogP contribution in [0, 0.1) is 17.8 Å². The van der Waals surface area contributed by atoms with Crippen molar-refractivity contribution >= 4 is 77.8 Å². The third kappa shape index (κ3) is 24.6. The van der Waals surface area contributed by atoms with Gasteiger partial charge in [0.2, 0.25) is 47.3 Å². The van der Waals surface area contributed by atoms with E-state index in [0.717, 1.165) is 0 Å². The highest BCUT2D eigenvalue weighted by atomic mass is 32.1. The molecule has 0 spiro atoms. The molecule has 0 saturated heterocycles. The first-order chi connectivity index (χ1) is 34.2. The number of amides is 8. The molecule has 0 aliphatic carbocycles. The molecule has 1 aromatic carbocycles. The number of hydrogen-bond acceptors (Lipinski definition) is 14.